The fourth-order valence-electron chi connectivity index (χ4n) is 0.842. The summed E-state index contributed by atoms with van der Waals surface area (Å²) in [6, 6.07) is 5.58. The molecule has 0 saturated heterocycles. The fraction of sp³-hybridized carbons (Fsp3) is 0. The Balaban J connectivity index is 2.90. The van der Waals surface area contributed by atoms with E-state index in [1.165, 1.54) is 18.2 Å². The molecule has 0 unspecified atom stereocenters. The molecule has 7 heteroatoms. The molecule has 5 nitrogen and oxygen atoms in total. The summed E-state index contributed by atoms with van der Waals surface area (Å²) in [6.45, 7) is 0. The summed E-state index contributed by atoms with van der Waals surface area (Å²) in [5.74, 6) is -0.832. The molecule has 0 aromatic heterocycles. The minimum atomic E-state index is -0.437. The van der Waals surface area contributed by atoms with Crippen LogP contribution in [0.4, 0.5) is 10.1 Å². The van der Waals surface area contributed by atoms with Gasteiger partial charge in [-0.1, -0.05) is 0 Å². The lowest BCUT2D eigenvalue weighted by Crippen LogP contribution is -2.21. The number of nitrogens with two attached hydrogens (primary N) is 1. The predicted octanol–water partition coefficient (Wildman–Crippen LogP) is 1.82. The third-order valence-corrected chi connectivity index (χ3v) is 2.24. The number of benzene rings is 1. The van der Waals surface area contributed by atoms with E-state index in [0.29, 0.717) is 10.2 Å². The highest BCUT2D eigenvalue weighted by Gasteiger charge is 2.03. The number of hydrogen-bond acceptors (Lipinski definition) is 4. The van der Waals surface area contributed by atoms with Crippen molar-refractivity contribution in [3.63, 3.8) is 0 Å². The quantitative estimate of drug-likeness (QED) is 0.448. The van der Waals surface area contributed by atoms with Crippen LogP contribution in [0.2, 0.25) is 0 Å². The Labute approximate surface area is 99.4 Å². The number of hydrogen-bond donors (Lipinski definition) is 3. The number of nitriles is 1. The third kappa shape index (κ3) is 3.03. The van der Waals surface area contributed by atoms with Crippen LogP contribution in [-0.4, -0.2) is 11.5 Å². The lowest BCUT2D eigenvalue weighted by molar-refractivity contribution is 0.627. The smallest absolute Gasteiger partial charge is 0.201 e. The summed E-state index contributed by atoms with van der Waals surface area (Å²) in [4.78, 5) is 0. The van der Waals surface area contributed by atoms with Crippen molar-refractivity contribution in [2.45, 2.75) is 0 Å². The summed E-state index contributed by atoms with van der Waals surface area (Å²) in [6.07, 6.45) is 0. The van der Waals surface area contributed by atoms with Gasteiger partial charge in [0.15, 0.2) is 5.84 Å². The van der Waals surface area contributed by atoms with Gasteiger partial charge in [0.05, 0.1) is 5.69 Å². The molecule has 0 aliphatic rings. The van der Waals surface area contributed by atoms with Crippen LogP contribution in [0.15, 0.2) is 27.8 Å². The molecule has 82 valence electrons. The fourth-order valence-corrected chi connectivity index (χ4v) is 1.28. The van der Waals surface area contributed by atoms with Crippen LogP contribution in [0.1, 0.15) is 0 Å². The zero-order valence-corrected chi connectivity index (χ0v) is 9.55. The number of hydrazone groups is 1. The molecule has 0 radical (unpaired) electrons. The Hall–Kier alpha value is -1.94. The number of anilines is 1. The van der Waals surface area contributed by atoms with Crippen LogP contribution >= 0.6 is 15.9 Å². The molecular formula is C9H7BrFN5. The average Bonchev–Trinajstić information content (AvgIpc) is 2.21. The molecule has 0 aliphatic heterocycles. The van der Waals surface area contributed by atoms with Crippen molar-refractivity contribution < 1.29 is 4.39 Å². The average molecular weight is 284 g/mol. The van der Waals surface area contributed by atoms with Gasteiger partial charge >= 0.3 is 0 Å². The van der Waals surface area contributed by atoms with Gasteiger partial charge in [-0.3, -0.25) is 10.8 Å². The van der Waals surface area contributed by atoms with Gasteiger partial charge in [0.1, 0.15) is 11.9 Å². The Bertz CT molecular complexity index is 491. The molecule has 0 atom stereocenters. The second-order valence-corrected chi connectivity index (χ2v) is 3.58. The first kappa shape index (κ1) is 12.1. The molecule has 1 aromatic carbocycles. The van der Waals surface area contributed by atoms with E-state index in [1.54, 1.807) is 6.07 Å². The van der Waals surface area contributed by atoms with E-state index in [4.69, 9.17) is 16.4 Å². The molecule has 4 N–H and O–H groups in total. The molecular weight excluding hydrogens is 277 g/mol. The normalized spacial score (nSPS) is 10.7. The van der Waals surface area contributed by atoms with E-state index < -0.39 is 11.7 Å². The Morgan fingerprint density at radius 2 is 2.31 bits per heavy atom. The maximum Gasteiger partial charge on any atom is 0.201 e. The Morgan fingerprint density at radius 1 is 1.62 bits per heavy atom. The first-order valence-corrected chi connectivity index (χ1v) is 4.87. The van der Waals surface area contributed by atoms with Crippen molar-refractivity contribution in [1.82, 2.24) is 0 Å². The maximum atomic E-state index is 12.7. The highest BCUT2D eigenvalue weighted by atomic mass is 79.9. The Morgan fingerprint density at radius 3 is 2.81 bits per heavy atom. The molecule has 0 saturated carbocycles. The molecule has 0 bridgehead atoms. The monoisotopic (exact) mass is 283 g/mol. The Kier molecular flexibility index (Phi) is 3.96. The van der Waals surface area contributed by atoms with Gasteiger partial charge in [-0.25, -0.2) is 4.39 Å². The zero-order valence-electron chi connectivity index (χ0n) is 7.96. The van der Waals surface area contributed by atoms with E-state index in [-0.39, 0.29) is 5.71 Å². The topological polar surface area (TPSA) is 98.0 Å². The van der Waals surface area contributed by atoms with Crippen LogP contribution in [0.25, 0.3) is 0 Å². The summed E-state index contributed by atoms with van der Waals surface area (Å²) in [5.41, 5.74) is 7.82. The summed E-state index contributed by atoms with van der Waals surface area (Å²) >= 11 is 3.12. The van der Waals surface area contributed by atoms with E-state index in [0.717, 1.165) is 0 Å². The summed E-state index contributed by atoms with van der Waals surface area (Å²) < 4.78 is 13.2. The zero-order chi connectivity index (χ0) is 12.1. The van der Waals surface area contributed by atoms with Gasteiger partial charge in [0, 0.05) is 4.47 Å². The maximum absolute atomic E-state index is 12.7. The second kappa shape index (κ2) is 5.23. The minimum Gasteiger partial charge on any atom is -0.382 e. The highest BCUT2D eigenvalue weighted by molar-refractivity contribution is 9.10. The van der Waals surface area contributed by atoms with Crippen molar-refractivity contribution in [2.24, 2.45) is 10.8 Å². The largest absolute Gasteiger partial charge is 0.382 e. The first-order valence-electron chi connectivity index (χ1n) is 4.08. The third-order valence-electron chi connectivity index (χ3n) is 1.58. The molecule has 0 heterocycles. The van der Waals surface area contributed by atoms with Crippen molar-refractivity contribution in [3.8, 4) is 6.07 Å². The number of nitrogens with one attached hydrogen (secondary N) is 2. The van der Waals surface area contributed by atoms with Gasteiger partial charge < -0.3 is 5.73 Å². The van der Waals surface area contributed by atoms with Gasteiger partial charge in [-0.15, -0.1) is 0 Å². The lowest BCUT2D eigenvalue weighted by Gasteiger charge is -2.03. The molecule has 0 fully saturated rings. The second-order valence-electron chi connectivity index (χ2n) is 2.72. The van der Waals surface area contributed by atoms with Crippen LogP contribution < -0.4 is 11.2 Å². The highest BCUT2D eigenvalue weighted by Crippen LogP contribution is 2.22. The van der Waals surface area contributed by atoms with Crippen molar-refractivity contribution in [1.29, 1.82) is 10.7 Å². The number of nitrogens with zero attached hydrogens (tertiary/aromatic N) is 2. The molecule has 1 aromatic rings. The van der Waals surface area contributed by atoms with Gasteiger partial charge in [0.25, 0.3) is 0 Å². The van der Waals surface area contributed by atoms with E-state index in [2.05, 4.69) is 26.5 Å². The molecule has 1 rings (SSSR count). The predicted molar refractivity (Wildman–Crippen MR) is 62.7 cm³/mol. The molecule has 0 spiro atoms. The molecule has 0 aliphatic carbocycles. The summed E-state index contributed by atoms with van der Waals surface area (Å²) in [5, 5.41) is 19.2. The standard InChI is InChI=1S/C9H7BrFN5/c10-6-3-5(11)1-2-7(6)15-16-8(4-12)9(13)14/h1-3,15H,(H3,13,14)/b16-8+. The van der Waals surface area contributed by atoms with Crippen molar-refractivity contribution in [3.05, 3.63) is 28.5 Å². The van der Waals surface area contributed by atoms with Crippen LogP contribution in [0.3, 0.4) is 0 Å². The van der Waals surface area contributed by atoms with Gasteiger partial charge in [-0.05, 0) is 34.1 Å². The molecule has 16 heavy (non-hydrogen) atoms. The molecule has 0 amide bonds. The van der Waals surface area contributed by atoms with Gasteiger partial charge in [-0.2, -0.15) is 10.4 Å². The SMILES string of the molecule is N#C/C(=N\Nc1ccc(F)cc1Br)C(=N)N. The van der Waals surface area contributed by atoms with Crippen molar-refractivity contribution >= 4 is 33.2 Å². The van der Waals surface area contributed by atoms with Crippen molar-refractivity contribution in [2.75, 3.05) is 5.43 Å². The van der Waals surface area contributed by atoms with Crippen LogP contribution in [-0.2, 0) is 0 Å². The minimum absolute atomic E-state index is 0.240. The van der Waals surface area contributed by atoms with E-state index >= 15 is 0 Å². The van der Waals surface area contributed by atoms with Gasteiger partial charge in [0.2, 0.25) is 5.71 Å². The number of halogens is 2. The lowest BCUT2D eigenvalue weighted by atomic mass is 10.3. The first-order chi connectivity index (χ1) is 7.54. The van der Waals surface area contributed by atoms with E-state index in [9.17, 15) is 4.39 Å². The van der Waals surface area contributed by atoms with E-state index in [1.807, 2.05) is 0 Å². The summed E-state index contributed by atoms with van der Waals surface area (Å²) in [7, 11) is 0. The van der Waals surface area contributed by atoms with Crippen LogP contribution in [0.5, 0.6) is 0 Å². The van der Waals surface area contributed by atoms with Crippen LogP contribution in [0, 0.1) is 22.6 Å². The number of amidine groups is 1. The number of rotatable bonds is 3.